The Morgan fingerprint density at radius 1 is 1.26 bits per heavy atom. The van der Waals surface area contributed by atoms with E-state index >= 15 is 0 Å². The van der Waals surface area contributed by atoms with Crippen molar-refractivity contribution in [3.8, 4) is 0 Å². The Balaban J connectivity index is 1.70. The summed E-state index contributed by atoms with van der Waals surface area (Å²) in [5.74, 6) is 0.0900. The van der Waals surface area contributed by atoms with Gasteiger partial charge in [-0.15, -0.1) is 0 Å². The van der Waals surface area contributed by atoms with Crippen LogP contribution in [0.1, 0.15) is 44.1 Å². The van der Waals surface area contributed by atoms with Crippen molar-refractivity contribution in [2.24, 2.45) is 5.73 Å². The van der Waals surface area contributed by atoms with E-state index in [9.17, 15) is 4.79 Å². The molecule has 2 rings (SSSR count). The van der Waals surface area contributed by atoms with Crippen LogP contribution in [0.3, 0.4) is 0 Å². The van der Waals surface area contributed by atoms with Crippen LogP contribution in [-0.4, -0.2) is 23.0 Å². The molecule has 0 unspecified atom stereocenters. The lowest BCUT2D eigenvalue weighted by Gasteiger charge is -2.33. The Morgan fingerprint density at radius 3 is 2.63 bits per heavy atom. The van der Waals surface area contributed by atoms with Crippen molar-refractivity contribution in [1.82, 2.24) is 10.3 Å². The van der Waals surface area contributed by atoms with Crippen LogP contribution in [0, 0.1) is 0 Å². The molecule has 1 saturated carbocycles. The number of pyridine rings is 1. The Morgan fingerprint density at radius 2 is 1.95 bits per heavy atom. The summed E-state index contributed by atoms with van der Waals surface area (Å²) in [7, 11) is 0. The molecule has 0 spiro atoms. The third kappa shape index (κ3) is 4.63. The Bertz CT molecular complexity index is 399. The average molecular weight is 261 g/mol. The van der Waals surface area contributed by atoms with E-state index in [-0.39, 0.29) is 11.4 Å². The molecular formula is C15H23N3O. The minimum Gasteiger partial charge on any atom is -0.354 e. The SMILES string of the molecule is NC1(CNC(=O)CCc2ccncc2)CCCCC1. The van der Waals surface area contributed by atoms with E-state index < -0.39 is 0 Å². The van der Waals surface area contributed by atoms with Crippen molar-refractivity contribution >= 4 is 5.91 Å². The van der Waals surface area contributed by atoms with Crippen LogP contribution in [0.4, 0.5) is 0 Å². The molecule has 0 aliphatic heterocycles. The zero-order valence-corrected chi connectivity index (χ0v) is 11.4. The number of hydrogen-bond acceptors (Lipinski definition) is 3. The predicted octanol–water partition coefficient (Wildman–Crippen LogP) is 1.79. The lowest BCUT2D eigenvalue weighted by Crippen LogP contribution is -2.51. The molecule has 1 aromatic heterocycles. The van der Waals surface area contributed by atoms with Gasteiger partial charge in [0, 0.05) is 30.9 Å². The summed E-state index contributed by atoms with van der Waals surface area (Å²) in [5.41, 5.74) is 7.26. The van der Waals surface area contributed by atoms with E-state index in [0.717, 1.165) is 24.8 Å². The molecule has 1 amide bonds. The molecule has 4 heteroatoms. The molecule has 0 radical (unpaired) electrons. The van der Waals surface area contributed by atoms with Crippen LogP contribution in [0.5, 0.6) is 0 Å². The van der Waals surface area contributed by atoms with Gasteiger partial charge in [0.05, 0.1) is 0 Å². The van der Waals surface area contributed by atoms with Gasteiger partial charge in [-0.05, 0) is 37.0 Å². The summed E-state index contributed by atoms with van der Waals surface area (Å²) in [5, 5.41) is 2.98. The van der Waals surface area contributed by atoms with Gasteiger partial charge in [0.25, 0.3) is 0 Å². The number of rotatable bonds is 5. The Hall–Kier alpha value is -1.42. The minimum atomic E-state index is -0.176. The molecule has 0 aromatic carbocycles. The summed E-state index contributed by atoms with van der Waals surface area (Å²) >= 11 is 0. The van der Waals surface area contributed by atoms with Crippen molar-refractivity contribution in [1.29, 1.82) is 0 Å². The van der Waals surface area contributed by atoms with Crippen LogP contribution in [0.25, 0.3) is 0 Å². The van der Waals surface area contributed by atoms with E-state index in [1.165, 1.54) is 19.3 Å². The smallest absolute Gasteiger partial charge is 0.220 e. The Labute approximate surface area is 114 Å². The van der Waals surface area contributed by atoms with Crippen molar-refractivity contribution in [3.63, 3.8) is 0 Å². The molecule has 1 aliphatic rings. The van der Waals surface area contributed by atoms with Gasteiger partial charge in [-0.25, -0.2) is 0 Å². The predicted molar refractivity (Wildman–Crippen MR) is 75.6 cm³/mol. The number of nitrogens with two attached hydrogens (primary N) is 1. The first kappa shape index (κ1) is 14.0. The van der Waals surface area contributed by atoms with Crippen molar-refractivity contribution < 1.29 is 4.79 Å². The van der Waals surface area contributed by atoms with Crippen LogP contribution >= 0.6 is 0 Å². The summed E-state index contributed by atoms with van der Waals surface area (Å²) < 4.78 is 0. The summed E-state index contributed by atoms with van der Waals surface area (Å²) in [4.78, 5) is 15.8. The topological polar surface area (TPSA) is 68.0 Å². The van der Waals surface area contributed by atoms with E-state index in [2.05, 4.69) is 10.3 Å². The molecule has 0 atom stereocenters. The lowest BCUT2D eigenvalue weighted by atomic mass is 9.82. The van der Waals surface area contributed by atoms with E-state index in [1.807, 2.05) is 12.1 Å². The first-order valence-electron chi connectivity index (χ1n) is 7.12. The average Bonchev–Trinajstić information content (AvgIpc) is 2.45. The Kier molecular flexibility index (Phi) is 4.91. The first-order chi connectivity index (χ1) is 9.18. The number of carbonyl (C=O) groups excluding carboxylic acids is 1. The zero-order valence-electron chi connectivity index (χ0n) is 11.4. The van der Waals surface area contributed by atoms with Crippen molar-refractivity contribution in [3.05, 3.63) is 30.1 Å². The molecular weight excluding hydrogens is 238 g/mol. The van der Waals surface area contributed by atoms with E-state index in [4.69, 9.17) is 5.73 Å². The maximum atomic E-state index is 11.8. The number of carbonyl (C=O) groups is 1. The van der Waals surface area contributed by atoms with Crippen LogP contribution < -0.4 is 11.1 Å². The van der Waals surface area contributed by atoms with E-state index in [0.29, 0.717) is 13.0 Å². The highest BCUT2D eigenvalue weighted by Crippen LogP contribution is 2.25. The van der Waals surface area contributed by atoms with Gasteiger partial charge in [0.1, 0.15) is 0 Å². The maximum absolute atomic E-state index is 11.8. The second kappa shape index (κ2) is 6.66. The number of aryl methyl sites for hydroxylation is 1. The summed E-state index contributed by atoms with van der Waals surface area (Å²) in [6, 6.07) is 3.89. The fourth-order valence-electron chi connectivity index (χ4n) is 2.60. The molecule has 1 heterocycles. The van der Waals surface area contributed by atoms with Gasteiger partial charge >= 0.3 is 0 Å². The molecule has 1 aromatic rings. The number of amides is 1. The molecule has 1 fully saturated rings. The number of nitrogens with one attached hydrogen (secondary N) is 1. The van der Waals surface area contributed by atoms with E-state index in [1.54, 1.807) is 12.4 Å². The normalized spacial score (nSPS) is 17.9. The fraction of sp³-hybridized carbons (Fsp3) is 0.600. The molecule has 3 N–H and O–H groups in total. The minimum absolute atomic E-state index is 0.0900. The molecule has 104 valence electrons. The lowest BCUT2D eigenvalue weighted by molar-refractivity contribution is -0.121. The quantitative estimate of drug-likeness (QED) is 0.849. The van der Waals surface area contributed by atoms with Crippen LogP contribution in [-0.2, 0) is 11.2 Å². The van der Waals surface area contributed by atoms with Crippen molar-refractivity contribution in [2.75, 3.05) is 6.54 Å². The fourth-order valence-corrected chi connectivity index (χ4v) is 2.60. The molecule has 19 heavy (non-hydrogen) atoms. The number of aromatic nitrogens is 1. The van der Waals surface area contributed by atoms with Crippen LogP contribution in [0.2, 0.25) is 0 Å². The second-order valence-corrected chi connectivity index (χ2v) is 5.56. The van der Waals surface area contributed by atoms with Gasteiger partial charge in [-0.3, -0.25) is 9.78 Å². The number of hydrogen-bond donors (Lipinski definition) is 2. The molecule has 1 aliphatic carbocycles. The first-order valence-corrected chi connectivity index (χ1v) is 7.12. The second-order valence-electron chi connectivity index (χ2n) is 5.56. The molecule has 4 nitrogen and oxygen atoms in total. The molecule has 0 saturated heterocycles. The third-order valence-electron chi connectivity index (χ3n) is 3.88. The third-order valence-corrected chi connectivity index (χ3v) is 3.88. The summed E-state index contributed by atoms with van der Waals surface area (Å²) in [6.45, 7) is 0.613. The number of nitrogens with zero attached hydrogens (tertiary/aromatic N) is 1. The standard InChI is InChI=1S/C15H23N3O/c16-15(8-2-1-3-9-15)12-18-14(19)5-4-13-6-10-17-11-7-13/h6-7,10-11H,1-5,8-9,12,16H2,(H,18,19). The highest BCUT2D eigenvalue weighted by atomic mass is 16.1. The van der Waals surface area contributed by atoms with Gasteiger partial charge < -0.3 is 11.1 Å². The maximum Gasteiger partial charge on any atom is 0.220 e. The van der Waals surface area contributed by atoms with Gasteiger partial charge in [-0.2, -0.15) is 0 Å². The van der Waals surface area contributed by atoms with Gasteiger partial charge in [0.2, 0.25) is 5.91 Å². The molecule has 0 bridgehead atoms. The van der Waals surface area contributed by atoms with Crippen molar-refractivity contribution in [2.45, 2.75) is 50.5 Å². The van der Waals surface area contributed by atoms with Crippen LogP contribution in [0.15, 0.2) is 24.5 Å². The highest BCUT2D eigenvalue weighted by Gasteiger charge is 2.27. The highest BCUT2D eigenvalue weighted by molar-refractivity contribution is 5.76. The largest absolute Gasteiger partial charge is 0.354 e. The monoisotopic (exact) mass is 261 g/mol. The van der Waals surface area contributed by atoms with Gasteiger partial charge in [0.15, 0.2) is 0 Å². The summed E-state index contributed by atoms with van der Waals surface area (Å²) in [6.07, 6.45) is 10.5. The van der Waals surface area contributed by atoms with Gasteiger partial charge in [-0.1, -0.05) is 19.3 Å². The zero-order chi connectivity index (χ0) is 13.6.